The Hall–Kier alpha value is -5.12. The van der Waals surface area contributed by atoms with Crippen LogP contribution >= 0.6 is 0 Å². The lowest BCUT2D eigenvalue weighted by Gasteiger charge is -2.26. The van der Waals surface area contributed by atoms with E-state index in [9.17, 15) is 18.8 Å². The van der Waals surface area contributed by atoms with Crippen molar-refractivity contribution < 1.29 is 23.1 Å². The summed E-state index contributed by atoms with van der Waals surface area (Å²) in [7, 11) is 0. The topological polar surface area (TPSA) is 95.2 Å². The van der Waals surface area contributed by atoms with Gasteiger partial charge in [0.15, 0.2) is 0 Å². The molecule has 0 unspecified atom stereocenters. The molecule has 0 radical (unpaired) electrons. The molecule has 242 valence electrons. The number of amides is 1. The minimum Gasteiger partial charge on any atom is -0.464 e. The third-order valence-corrected chi connectivity index (χ3v) is 8.65. The second-order valence-corrected chi connectivity index (χ2v) is 11.8. The zero-order chi connectivity index (χ0) is 32.9. The Morgan fingerprint density at radius 2 is 1.64 bits per heavy atom. The molecule has 0 spiro atoms. The van der Waals surface area contributed by atoms with Gasteiger partial charge < -0.3 is 14.6 Å². The van der Waals surface area contributed by atoms with Crippen molar-refractivity contribution in [2.45, 2.75) is 64.1 Å². The summed E-state index contributed by atoms with van der Waals surface area (Å²) >= 11 is 0. The quantitative estimate of drug-likeness (QED) is 0.174. The van der Waals surface area contributed by atoms with E-state index >= 15 is 4.39 Å². The van der Waals surface area contributed by atoms with Crippen LogP contribution in [0.1, 0.15) is 66.7 Å². The van der Waals surface area contributed by atoms with E-state index in [-0.39, 0.29) is 47.9 Å². The number of rotatable bonds is 10. The van der Waals surface area contributed by atoms with Gasteiger partial charge in [-0.2, -0.15) is 0 Å². The number of hydrogen-bond donors (Lipinski definition) is 1. The van der Waals surface area contributed by atoms with E-state index in [4.69, 9.17) is 9.72 Å². The molecule has 3 aromatic carbocycles. The molecule has 8 nitrogen and oxygen atoms in total. The van der Waals surface area contributed by atoms with Gasteiger partial charge in [-0.1, -0.05) is 73.9 Å². The third kappa shape index (κ3) is 6.86. The number of pyridine rings is 1. The molecule has 47 heavy (non-hydrogen) atoms. The van der Waals surface area contributed by atoms with Crippen LogP contribution in [0.2, 0.25) is 0 Å². The first-order valence-electron chi connectivity index (χ1n) is 16.0. The lowest BCUT2D eigenvalue weighted by atomic mass is 9.95. The van der Waals surface area contributed by atoms with E-state index in [1.54, 1.807) is 37.3 Å². The number of nitrogens with zero attached hydrogens (tertiary/aromatic N) is 3. The van der Waals surface area contributed by atoms with Gasteiger partial charge in [-0.05, 0) is 61.2 Å². The van der Waals surface area contributed by atoms with Crippen LogP contribution in [-0.4, -0.2) is 38.6 Å². The molecule has 1 amide bonds. The summed E-state index contributed by atoms with van der Waals surface area (Å²) in [5, 5.41) is 2.79. The smallest absolute Gasteiger partial charge is 0.328 e. The summed E-state index contributed by atoms with van der Waals surface area (Å²) in [4.78, 5) is 46.5. The number of ether oxygens (including phenoxy) is 1. The lowest BCUT2D eigenvalue weighted by molar-refractivity contribution is -0.145. The molecule has 1 atom stereocenters. The van der Waals surface area contributed by atoms with Crippen LogP contribution in [0.3, 0.4) is 0 Å². The fraction of sp³-hybridized carbons (Fsp3) is 0.297. The summed E-state index contributed by atoms with van der Waals surface area (Å²) in [6, 6.07) is 21.6. The number of nitrogens with one attached hydrogen (secondary N) is 1. The number of carbonyl (C=O) groups excluding carboxylic acids is 2. The van der Waals surface area contributed by atoms with E-state index in [1.807, 2.05) is 34.9 Å². The molecule has 6 rings (SSSR count). The summed E-state index contributed by atoms with van der Waals surface area (Å²) in [6.45, 7) is 1.76. The highest BCUT2D eigenvalue weighted by atomic mass is 19.1. The predicted octanol–water partition coefficient (Wildman–Crippen LogP) is 6.60. The molecular formula is C37H36F2N4O4. The Labute approximate surface area is 271 Å². The van der Waals surface area contributed by atoms with Crippen LogP contribution < -0.4 is 10.9 Å². The van der Waals surface area contributed by atoms with Crippen molar-refractivity contribution in [2.24, 2.45) is 0 Å². The summed E-state index contributed by atoms with van der Waals surface area (Å²) in [6.07, 6.45) is 4.76. The maximum atomic E-state index is 15.2. The highest BCUT2D eigenvalue weighted by molar-refractivity contribution is 5.98. The molecule has 1 fully saturated rings. The molecule has 1 saturated carbocycles. The van der Waals surface area contributed by atoms with E-state index in [2.05, 4.69) is 5.32 Å². The normalized spacial score (nSPS) is 14.2. The number of carbonyl (C=O) groups is 2. The Morgan fingerprint density at radius 3 is 2.34 bits per heavy atom. The van der Waals surface area contributed by atoms with Crippen LogP contribution in [0.25, 0.3) is 22.4 Å². The first-order valence-corrected chi connectivity index (χ1v) is 16.0. The van der Waals surface area contributed by atoms with Crippen molar-refractivity contribution in [3.63, 3.8) is 0 Å². The summed E-state index contributed by atoms with van der Waals surface area (Å²) < 4.78 is 37.5. The maximum Gasteiger partial charge on any atom is 0.328 e. The Bertz CT molecular complexity index is 1950. The molecule has 0 aliphatic heterocycles. The minimum atomic E-state index is -1.04. The van der Waals surface area contributed by atoms with Gasteiger partial charge >= 0.3 is 5.97 Å². The van der Waals surface area contributed by atoms with E-state index in [1.165, 1.54) is 28.8 Å². The second kappa shape index (κ2) is 14.1. The zero-order valence-electron chi connectivity index (χ0n) is 26.1. The van der Waals surface area contributed by atoms with Crippen LogP contribution in [0.5, 0.6) is 0 Å². The molecule has 0 bridgehead atoms. The van der Waals surface area contributed by atoms with Gasteiger partial charge in [0, 0.05) is 12.5 Å². The molecule has 2 aromatic heterocycles. The van der Waals surface area contributed by atoms with E-state index < -0.39 is 35.1 Å². The number of benzene rings is 3. The number of aromatic nitrogens is 3. The first kappa shape index (κ1) is 31.8. The van der Waals surface area contributed by atoms with Gasteiger partial charge in [0.1, 0.15) is 34.7 Å². The van der Waals surface area contributed by atoms with Gasteiger partial charge in [-0.3, -0.25) is 14.2 Å². The average Bonchev–Trinajstić information content (AvgIpc) is 3.47. The minimum absolute atomic E-state index is 0.0393. The molecule has 1 aliphatic carbocycles. The molecule has 10 heteroatoms. The first-order chi connectivity index (χ1) is 22.8. The Balaban J connectivity index is 1.52. The van der Waals surface area contributed by atoms with Gasteiger partial charge in [-0.15, -0.1) is 0 Å². The highest BCUT2D eigenvalue weighted by Gasteiger charge is 2.30. The summed E-state index contributed by atoms with van der Waals surface area (Å²) in [5.74, 6) is -1.87. The summed E-state index contributed by atoms with van der Waals surface area (Å²) in [5.41, 5.74) is 1.64. The molecule has 1 aliphatic rings. The molecular weight excluding hydrogens is 602 g/mol. The lowest BCUT2D eigenvalue weighted by Crippen LogP contribution is -2.45. The predicted molar refractivity (Wildman–Crippen MR) is 175 cm³/mol. The van der Waals surface area contributed by atoms with Crippen molar-refractivity contribution >= 4 is 22.9 Å². The van der Waals surface area contributed by atoms with Crippen molar-refractivity contribution in [3.8, 4) is 11.4 Å². The second-order valence-electron chi connectivity index (χ2n) is 11.8. The average molecular weight is 639 g/mol. The van der Waals surface area contributed by atoms with Crippen molar-refractivity contribution in [1.82, 2.24) is 19.4 Å². The van der Waals surface area contributed by atoms with Gasteiger partial charge in [-0.25, -0.2) is 18.6 Å². The van der Waals surface area contributed by atoms with Gasteiger partial charge in [0.25, 0.3) is 11.5 Å². The van der Waals surface area contributed by atoms with Gasteiger partial charge in [0.2, 0.25) is 0 Å². The van der Waals surface area contributed by atoms with Gasteiger partial charge in [0.05, 0.1) is 24.2 Å². The number of esters is 1. The van der Waals surface area contributed by atoms with Crippen molar-refractivity contribution in [1.29, 1.82) is 0 Å². The number of hydrogen-bond acceptors (Lipinski definition) is 5. The SMILES string of the molecule is CCOC(=O)[C@H](Cc1ccccc1)NC(=O)c1cc2nc(-c3ccccc3F)n(C3CCCCC3)c2c(=O)n1Cc1ccc(F)cc1. The van der Waals surface area contributed by atoms with E-state index in [0.29, 0.717) is 11.4 Å². The number of fused-ring (bicyclic) bond motifs is 1. The fourth-order valence-electron chi connectivity index (χ4n) is 6.37. The molecule has 1 N–H and O–H groups in total. The van der Waals surface area contributed by atoms with Crippen LogP contribution in [0, 0.1) is 11.6 Å². The molecule has 0 saturated heterocycles. The Kier molecular flexibility index (Phi) is 9.56. The standard InChI is InChI=1S/C37H36F2N4O4/c1-2-47-37(46)31(21-24-11-5-3-6-12-24)41-35(44)32-22-30-33(36(45)42(32)23-25-17-19-26(38)20-18-25)43(27-13-7-4-8-14-27)34(40-30)28-15-9-10-16-29(28)39/h3,5-6,9-12,15-20,22,27,31H,2,4,7-8,13-14,21,23H2,1H3,(H,41,44)/t31-/m0/s1. The number of imidazole rings is 1. The Morgan fingerprint density at radius 1 is 0.936 bits per heavy atom. The highest BCUT2D eigenvalue weighted by Crippen LogP contribution is 2.36. The molecule has 5 aromatic rings. The van der Waals surface area contributed by atoms with Crippen LogP contribution in [0.15, 0.2) is 89.7 Å². The van der Waals surface area contributed by atoms with E-state index in [0.717, 1.165) is 37.7 Å². The van der Waals surface area contributed by atoms with Crippen LogP contribution in [0.4, 0.5) is 8.78 Å². The third-order valence-electron chi connectivity index (χ3n) is 8.65. The molecule has 2 heterocycles. The van der Waals surface area contributed by atoms with Crippen molar-refractivity contribution in [3.05, 3.63) is 124 Å². The maximum absolute atomic E-state index is 15.2. The van der Waals surface area contributed by atoms with Crippen molar-refractivity contribution in [2.75, 3.05) is 6.61 Å². The zero-order valence-corrected chi connectivity index (χ0v) is 26.1. The van der Waals surface area contributed by atoms with Crippen LogP contribution in [-0.2, 0) is 22.5 Å². The number of halogens is 2. The monoisotopic (exact) mass is 638 g/mol. The fourth-order valence-corrected chi connectivity index (χ4v) is 6.37. The largest absolute Gasteiger partial charge is 0.464 e.